The van der Waals surface area contributed by atoms with Crippen LogP contribution in [0.25, 0.3) is 22.3 Å². The van der Waals surface area contributed by atoms with Gasteiger partial charge in [-0.1, -0.05) is 12.1 Å². The van der Waals surface area contributed by atoms with Crippen LogP contribution >= 0.6 is 0 Å². The summed E-state index contributed by atoms with van der Waals surface area (Å²) in [6.45, 7) is 3.94. The maximum absolute atomic E-state index is 13.3. The zero-order chi connectivity index (χ0) is 25.9. The molecule has 4 heterocycles. The molecule has 3 aromatic rings. The van der Waals surface area contributed by atoms with Crippen molar-refractivity contribution in [2.24, 2.45) is 5.92 Å². The van der Waals surface area contributed by atoms with E-state index in [9.17, 15) is 18.4 Å². The Labute approximate surface area is 213 Å². The second-order valence-corrected chi connectivity index (χ2v) is 10.7. The van der Waals surface area contributed by atoms with Gasteiger partial charge in [0.2, 0.25) is 17.7 Å². The largest absolute Gasteiger partial charge is 0.476 e. The number of alkyl halides is 2. The second kappa shape index (κ2) is 8.78. The minimum absolute atomic E-state index is 0.0680. The molecule has 2 fully saturated rings. The first-order chi connectivity index (χ1) is 17.7. The van der Waals surface area contributed by atoms with Gasteiger partial charge in [0, 0.05) is 30.3 Å². The lowest BCUT2D eigenvalue weighted by Crippen LogP contribution is -2.38. The molecule has 1 aromatic carbocycles. The molecule has 3 aliphatic rings. The van der Waals surface area contributed by atoms with Crippen LogP contribution in [0.1, 0.15) is 51.1 Å². The SMILES string of the molecule is CC1(C)C(=O)N(CC(F)F)c2cc(-c3cc4ncn(C5CC5)c4c(OCC[C@H]4CNC(=O)C4)n3)ccc21. The third kappa shape index (κ3) is 4.22. The molecular formula is C27H29F2N5O3. The number of halogens is 2. The Morgan fingerprint density at radius 2 is 2.03 bits per heavy atom. The third-order valence-corrected chi connectivity index (χ3v) is 7.65. The molecule has 0 bridgehead atoms. The number of fused-ring (bicyclic) bond motifs is 2. The molecule has 8 nitrogen and oxygen atoms in total. The van der Waals surface area contributed by atoms with Gasteiger partial charge in [-0.15, -0.1) is 0 Å². The van der Waals surface area contributed by atoms with Gasteiger partial charge in [-0.3, -0.25) is 9.59 Å². The Bertz CT molecular complexity index is 1400. The highest BCUT2D eigenvalue weighted by Crippen LogP contribution is 2.44. The average Bonchev–Trinajstić information content (AvgIpc) is 3.43. The maximum Gasteiger partial charge on any atom is 0.256 e. The first-order valence-corrected chi connectivity index (χ1v) is 12.7. The number of aromatic nitrogens is 3. The van der Waals surface area contributed by atoms with E-state index < -0.39 is 18.4 Å². The number of nitrogens with zero attached hydrogens (tertiary/aromatic N) is 4. The monoisotopic (exact) mass is 509 g/mol. The van der Waals surface area contributed by atoms with E-state index in [0.717, 1.165) is 35.9 Å². The Hall–Kier alpha value is -3.56. The zero-order valence-electron chi connectivity index (χ0n) is 20.8. The minimum atomic E-state index is -2.64. The van der Waals surface area contributed by atoms with Crippen molar-refractivity contribution in [3.05, 3.63) is 36.2 Å². The zero-order valence-corrected chi connectivity index (χ0v) is 20.8. The van der Waals surface area contributed by atoms with Gasteiger partial charge < -0.3 is 19.5 Å². The number of imidazole rings is 1. The summed E-state index contributed by atoms with van der Waals surface area (Å²) in [6.07, 6.45) is 2.57. The summed E-state index contributed by atoms with van der Waals surface area (Å²) in [5.41, 5.74) is 3.19. The van der Waals surface area contributed by atoms with Gasteiger partial charge in [-0.25, -0.2) is 18.7 Å². The Kier molecular flexibility index (Phi) is 5.65. The quantitative estimate of drug-likeness (QED) is 0.491. The van der Waals surface area contributed by atoms with E-state index in [-0.39, 0.29) is 17.7 Å². The van der Waals surface area contributed by atoms with E-state index in [0.29, 0.717) is 48.4 Å². The average molecular weight is 510 g/mol. The standard InChI is InChI=1S/C27H29F2N5O3/c1-27(2)18-6-3-16(10-21(18)33(26(27)36)13-22(28)29)19-11-20-24(34(14-31-20)17-4-5-17)25(32-19)37-8-7-15-9-23(35)30-12-15/h3,6,10-11,14-15,17,22H,4-5,7-9,12-13H2,1-2H3,(H,30,35)/t15-/m1/s1. The highest BCUT2D eigenvalue weighted by molar-refractivity contribution is 6.08. The summed E-state index contributed by atoms with van der Waals surface area (Å²) in [5, 5.41) is 2.85. The van der Waals surface area contributed by atoms with Crippen molar-refractivity contribution in [1.29, 1.82) is 0 Å². The fraction of sp³-hybridized carbons (Fsp3) is 0.481. The van der Waals surface area contributed by atoms with Gasteiger partial charge in [-0.2, -0.15) is 0 Å². The molecule has 194 valence electrons. The van der Waals surface area contributed by atoms with E-state index in [4.69, 9.17) is 9.72 Å². The number of carbonyl (C=O) groups excluding carboxylic acids is 2. The summed E-state index contributed by atoms with van der Waals surface area (Å²) in [5.74, 6) is 0.433. The third-order valence-electron chi connectivity index (χ3n) is 7.65. The van der Waals surface area contributed by atoms with Gasteiger partial charge in [0.15, 0.2) is 0 Å². The van der Waals surface area contributed by atoms with Crippen molar-refractivity contribution in [2.45, 2.75) is 57.4 Å². The highest BCUT2D eigenvalue weighted by Gasteiger charge is 2.44. The van der Waals surface area contributed by atoms with Crippen molar-refractivity contribution in [3.8, 4) is 17.1 Å². The maximum atomic E-state index is 13.3. The molecule has 1 saturated carbocycles. The van der Waals surface area contributed by atoms with E-state index in [1.165, 1.54) is 4.90 Å². The molecule has 2 aromatic heterocycles. The van der Waals surface area contributed by atoms with Gasteiger partial charge in [-0.05, 0) is 56.7 Å². The number of rotatable bonds is 8. The molecule has 1 saturated heterocycles. The predicted octanol–water partition coefficient (Wildman–Crippen LogP) is 4.23. The minimum Gasteiger partial charge on any atom is -0.476 e. The molecular weight excluding hydrogens is 480 g/mol. The van der Waals surface area contributed by atoms with Crippen LogP contribution in [-0.2, 0) is 15.0 Å². The highest BCUT2D eigenvalue weighted by atomic mass is 19.3. The topological polar surface area (TPSA) is 89.4 Å². The first kappa shape index (κ1) is 23.8. The van der Waals surface area contributed by atoms with Crippen molar-refractivity contribution in [3.63, 3.8) is 0 Å². The number of benzene rings is 1. The van der Waals surface area contributed by atoms with Crippen LogP contribution in [0.5, 0.6) is 5.88 Å². The summed E-state index contributed by atoms with van der Waals surface area (Å²) >= 11 is 0. The van der Waals surface area contributed by atoms with Gasteiger partial charge in [0.05, 0.1) is 36.1 Å². The second-order valence-electron chi connectivity index (χ2n) is 10.7. The van der Waals surface area contributed by atoms with Crippen LogP contribution in [0.4, 0.5) is 14.5 Å². The summed E-state index contributed by atoms with van der Waals surface area (Å²) in [7, 11) is 0. The van der Waals surface area contributed by atoms with Crippen LogP contribution < -0.4 is 15.0 Å². The van der Waals surface area contributed by atoms with E-state index >= 15 is 0 Å². The van der Waals surface area contributed by atoms with Crippen LogP contribution in [0.15, 0.2) is 30.6 Å². The first-order valence-electron chi connectivity index (χ1n) is 12.7. The smallest absolute Gasteiger partial charge is 0.256 e. The van der Waals surface area contributed by atoms with E-state index in [1.54, 1.807) is 19.9 Å². The number of hydrogen-bond acceptors (Lipinski definition) is 5. The van der Waals surface area contributed by atoms with Gasteiger partial charge in [0.25, 0.3) is 6.43 Å². The lowest BCUT2D eigenvalue weighted by molar-refractivity contribution is -0.122. The lowest BCUT2D eigenvalue weighted by Gasteiger charge is -2.19. The molecule has 2 amide bonds. The molecule has 0 spiro atoms. The van der Waals surface area contributed by atoms with Gasteiger partial charge >= 0.3 is 0 Å². The van der Waals surface area contributed by atoms with Crippen molar-refractivity contribution in [2.75, 3.05) is 24.6 Å². The molecule has 6 rings (SSSR count). The number of carbonyl (C=O) groups is 2. The normalized spacial score (nSPS) is 20.7. The number of amides is 2. The number of ether oxygens (including phenoxy) is 1. The Balaban J connectivity index is 1.36. The van der Waals surface area contributed by atoms with Crippen LogP contribution in [0, 0.1) is 5.92 Å². The fourth-order valence-corrected chi connectivity index (χ4v) is 5.42. The summed E-state index contributed by atoms with van der Waals surface area (Å²) < 4.78 is 35.0. The predicted molar refractivity (Wildman–Crippen MR) is 134 cm³/mol. The molecule has 1 N–H and O–H groups in total. The van der Waals surface area contributed by atoms with Crippen molar-refractivity contribution >= 4 is 28.5 Å². The number of nitrogens with one attached hydrogen (secondary N) is 1. The van der Waals surface area contributed by atoms with Crippen molar-refractivity contribution in [1.82, 2.24) is 19.9 Å². The molecule has 2 aliphatic heterocycles. The van der Waals surface area contributed by atoms with E-state index in [2.05, 4.69) is 14.9 Å². The summed E-state index contributed by atoms with van der Waals surface area (Å²) in [4.78, 5) is 35.1. The summed E-state index contributed by atoms with van der Waals surface area (Å²) in [6, 6.07) is 7.71. The lowest BCUT2D eigenvalue weighted by atomic mass is 9.85. The molecule has 1 atom stereocenters. The van der Waals surface area contributed by atoms with E-state index in [1.807, 2.05) is 24.5 Å². The molecule has 0 radical (unpaired) electrons. The Morgan fingerprint density at radius 1 is 1.22 bits per heavy atom. The van der Waals surface area contributed by atoms with Crippen LogP contribution in [-0.4, -0.2) is 52.5 Å². The molecule has 37 heavy (non-hydrogen) atoms. The number of pyridine rings is 1. The number of hydrogen-bond donors (Lipinski definition) is 1. The van der Waals surface area contributed by atoms with Gasteiger partial charge in [0.1, 0.15) is 5.52 Å². The molecule has 1 aliphatic carbocycles. The van der Waals surface area contributed by atoms with Crippen molar-refractivity contribution < 1.29 is 23.1 Å². The van der Waals surface area contributed by atoms with Crippen LogP contribution in [0.2, 0.25) is 0 Å². The molecule has 0 unspecified atom stereocenters. The fourth-order valence-electron chi connectivity index (χ4n) is 5.42. The Morgan fingerprint density at radius 3 is 2.73 bits per heavy atom. The molecule has 10 heteroatoms. The number of anilines is 1. The van der Waals surface area contributed by atoms with Crippen LogP contribution in [0.3, 0.4) is 0 Å².